The second kappa shape index (κ2) is 8.19. The fraction of sp³-hybridized carbons (Fsp3) is 0.308. The van der Waals surface area contributed by atoms with Gasteiger partial charge in [-0.2, -0.15) is 5.10 Å². The minimum atomic E-state index is 0.0608. The van der Waals surface area contributed by atoms with E-state index in [0.29, 0.717) is 17.1 Å². The van der Waals surface area contributed by atoms with Gasteiger partial charge in [0.15, 0.2) is 11.4 Å². The molecule has 1 aliphatic carbocycles. The highest BCUT2D eigenvalue weighted by atomic mass is 16.5. The smallest absolute Gasteiger partial charge is 0.181 e. The lowest BCUT2D eigenvalue weighted by Gasteiger charge is -2.10. The van der Waals surface area contributed by atoms with E-state index in [2.05, 4.69) is 22.1 Å². The highest BCUT2D eigenvalue weighted by Gasteiger charge is 2.25. The predicted molar refractivity (Wildman–Crippen MR) is 124 cm³/mol. The van der Waals surface area contributed by atoms with E-state index in [4.69, 9.17) is 9.72 Å². The zero-order valence-corrected chi connectivity index (χ0v) is 18.6. The Bertz CT molecular complexity index is 1320. The van der Waals surface area contributed by atoms with Gasteiger partial charge >= 0.3 is 0 Å². The second-order valence-corrected chi connectivity index (χ2v) is 8.47. The molecule has 5 rings (SSSR count). The molecule has 1 fully saturated rings. The molecule has 0 bridgehead atoms. The molecule has 1 N–H and O–H groups in total. The fourth-order valence-corrected chi connectivity index (χ4v) is 4.14. The molecular weight excluding hydrogens is 400 g/mol. The molecule has 32 heavy (non-hydrogen) atoms. The van der Waals surface area contributed by atoms with E-state index in [1.54, 1.807) is 13.3 Å². The van der Waals surface area contributed by atoms with E-state index in [9.17, 15) is 4.79 Å². The van der Waals surface area contributed by atoms with Crippen LogP contribution in [0.1, 0.15) is 58.6 Å². The summed E-state index contributed by atoms with van der Waals surface area (Å²) >= 11 is 0. The number of carbonyl (C=O) groups is 1. The van der Waals surface area contributed by atoms with E-state index in [1.807, 2.05) is 43.3 Å². The molecule has 0 saturated heterocycles. The van der Waals surface area contributed by atoms with Crippen LogP contribution in [-0.2, 0) is 12.8 Å². The molecule has 162 valence electrons. The van der Waals surface area contributed by atoms with Crippen LogP contribution < -0.4 is 4.74 Å². The molecule has 0 amide bonds. The first-order chi connectivity index (χ1) is 15.6. The molecule has 0 radical (unpaired) electrons. The van der Waals surface area contributed by atoms with Gasteiger partial charge in [-0.3, -0.25) is 14.9 Å². The fourth-order valence-electron chi connectivity index (χ4n) is 4.14. The number of aromatic nitrogens is 4. The summed E-state index contributed by atoms with van der Waals surface area (Å²) in [4.78, 5) is 22.4. The molecular formula is C26H26N4O2. The molecule has 1 aromatic carbocycles. The summed E-state index contributed by atoms with van der Waals surface area (Å²) in [6, 6.07) is 12.0. The zero-order chi connectivity index (χ0) is 22.2. The van der Waals surface area contributed by atoms with E-state index >= 15 is 0 Å². The number of nitrogens with zero attached hydrogens (tertiary/aromatic N) is 3. The maximum Gasteiger partial charge on any atom is 0.181 e. The minimum Gasteiger partial charge on any atom is -0.497 e. The molecule has 0 aliphatic heterocycles. The van der Waals surface area contributed by atoms with E-state index in [0.717, 1.165) is 45.8 Å². The van der Waals surface area contributed by atoms with Crippen LogP contribution in [0.15, 0.2) is 42.6 Å². The van der Waals surface area contributed by atoms with Crippen molar-refractivity contribution in [3.63, 3.8) is 0 Å². The van der Waals surface area contributed by atoms with E-state index < -0.39 is 0 Å². The average molecular weight is 427 g/mol. The first-order valence-electron chi connectivity index (χ1n) is 11.1. The van der Waals surface area contributed by atoms with Crippen molar-refractivity contribution >= 4 is 16.8 Å². The van der Waals surface area contributed by atoms with Crippen molar-refractivity contribution < 1.29 is 9.53 Å². The van der Waals surface area contributed by atoms with Crippen LogP contribution in [0.25, 0.3) is 22.3 Å². The Hall–Kier alpha value is -3.54. The van der Waals surface area contributed by atoms with Crippen molar-refractivity contribution in [1.82, 2.24) is 20.2 Å². The van der Waals surface area contributed by atoms with Gasteiger partial charge in [0.05, 0.1) is 12.8 Å². The van der Waals surface area contributed by atoms with Crippen LogP contribution in [0.3, 0.4) is 0 Å². The SMILES string of the molecule is CCc1[nH]nc2nc(-c3cc(CC(=O)c4cc(OC)cc(C5CC5)c4)cnc3C)ccc12. The summed E-state index contributed by atoms with van der Waals surface area (Å²) in [5.41, 5.74) is 7.13. The summed E-state index contributed by atoms with van der Waals surface area (Å²) in [6.45, 7) is 4.05. The molecule has 1 saturated carbocycles. The topological polar surface area (TPSA) is 80.8 Å². The number of aryl methyl sites for hydroxylation is 2. The van der Waals surface area contributed by atoms with Crippen molar-refractivity contribution in [2.75, 3.05) is 7.11 Å². The van der Waals surface area contributed by atoms with Gasteiger partial charge in [0, 0.05) is 40.5 Å². The Morgan fingerprint density at radius 2 is 2.03 bits per heavy atom. The third kappa shape index (κ3) is 3.88. The largest absolute Gasteiger partial charge is 0.497 e. The maximum absolute atomic E-state index is 13.1. The van der Waals surface area contributed by atoms with Crippen molar-refractivity contribution in [3.05, 3.63) is 70.7 Å². The van der Waals surface area contributed by atoms with Gasteiger partial charge in [0.25, 0.3) is 0 Å². The second-order valence-electron chi connectivity index (χ2n) is 8.47. The minimum absolute atomic E-state index is 0.0608. The van der Waals surface area contributed by atoms with Gasteiger partial charge in [0.2, 0.25) is 0 Å². The number of H-pyrrole nitrogens is 1. The van der Waals surface area contributed by atoms with E-state index in [1.165, 1.54) is 18.4 Å². The van der Waals surface area contributed by atoms with Crippen molar-refractivity contribution in [2.45, 2.75) is 45.4 Å². The molecule has 0 unspecified atom stereocenters. The van der Waals surface area contributed by atoms with Gasteiger partial charge in [-0.1, -0.05) is 6.92 Å². The van der Waals surface area contributed by atoms with Crippen LogP contribution in [0.4, 0.5) is 0 Å². The number of aromatic amines is 1. The third-order valence-electron chi connectivity index (χ3n) is 6.17. The number of methoxy groups -OCH3 is 1. The normalized spacial score (nSPS) is 13.5. The zero-order valence-electron chi connectivity index (χ0n) is 18.6. The Morgan fingerprint density at radius 3 is 2.78 bits per heavy atom. The number of rotatable bonds is 7. The number of ether oxygens (including phenoxy) is 1. The van der Waals surface area contributed by atoms with Crippen LogP contribution in [0, 0.1) is 6.92 Å². The van der Waals surface area contributed by atoms with Crippen LogP contribution >= 0.6 is 0 Å². The lowest BCUT2D eigenvalue weighted by molar-refractivity contribution is 0.0992. The molecule has 6 heteroatoms. The number of hydrogen-bond acceptors (Lipinski definition) is 5. The first-order valence-corrected chi connectivity index (χ1v) is 11.1. The lowest BCUT2D eigenvalue weighted by Crippen LogP contribution is -2.06. The van der Waals surface area contributed by atoms with Gasteiger partial charge in [-0.15, -0.1) is 0 Å². The molecule has 6 nitrogen and oxygen atoms in total. The molecule has 4 aromatic rings. The number of fused-ring (bicyclic) bond motifs is 1. The van der Waals surface area contributed by atoms with Gasteiger partial charge in [-0.25, -0.2) is 4.98 Å². The summed E-state index contributed by atoms with van der Waals surface area (Å²) in [5, 5.41) is 8.43. The predicted octanol–water partition coefficient (Wildman–Crippen LogP) is 5.20. The first kappa shape index (κ1) is 20.4. The monoisotopic (exact) mass is 426 g/mol. The van der Waals surface area contributed by atoms with Gasteiger partial charge in [-0.05, 0) is 79.6 Å². The number of ketones is 1. The average Bonchev–Trinajstić information content (AvgIpc) is 3.59. The van der Waals surface area contributed by atoms with Gasteiger partial charge < -0.3 is 4.74 Å². The Morgan fingerprint density at radius 1 is 1.19 bits per heavy atom. The molecule has 3 heterocycles. The highest BCUT2D eigenvalue weighted by molar-refractivity contribution is 5.98. The van der Waals surface area contributed by atoms with Crippen molar-refractivity contribution in [3.8, 4) is 17.0 Å². The summed E-state index contributed by atoms with van der Waals surface area (Å²) in [6.07, 6.45) is 5.30. The van der Waals surface area contributed by atoms with Crippen molar-refractivity contribution in [2.24, 2.45) is 0 Å². The number of Topliss-reactive ketones (excluding diaryl/α,β-unsaturated/α-hetero) is 1. The molecule has 0 spiro atoms. The quantitative estimate of drug-likeness (QED) is 0.411. The van der Waals surface area contributed by atoms with E-state index in [-0.39, 0.29) is 12.2 Å². The lowest BCUT2D eigenvalue weighted by atomic mass is 9.98. The van der Waals surface area contributed by atoms with Crippen LogP contribution in [-0.4, -0.2) is 33.1 Å². The Labute approximate surface area is 187 Å². The van der Waals surface area contributed by atoms with Crippen LogP contribution in [0.2, 0.25) is 0 Å². The maximum atomic E-state index is 13.1. The summed E-state index contributed by atoms with van der Waals surface area (Å²) in [7, 11) is 1.64. The molecule has 1 aliphatic rings. The number of carbonyl (C=O) groups excluding carboxylic acids is 1. The standard InChI is InChI=1S/C26H26N4O2/c1-4-23-21-7-8-24(28-26(21)30-29-23)22-9-16(14-27-15(22)2)10-25(31)19-11-18(17-5-6-17)12-20(13-19)32-3/h7-9,11-14,17H,4-6,10H2,1-3H3,(H,28,29,30). The highest BCUT2D eigenvalue weighted by Crippen LogP contribution is 2.41. The van der Waals surface area contributed by atoms with Crippen LogP contribution in [0.5, 0.6) is 5.75 Å². The summed E-state index contributed by atoms with van der Waals surface area (Å²) < 4.78 is 5.43. The number of nitrogens with one attached hydrogen (secondary N) is 1. The third-order valence-corrected chi connectivity index (χ3v) is 6.17. The Balaban J connectivity index is 1.44. The van der Waals surface area contributed by atoms with Crippen molar-refractivity contribution in [1.29, 1.82) is 0 Å². The van der Waals surface area contributed by atoms with Gasteiger partial charge in [0.1, 0.15) is 5.75 Å². The summed E-state index contributed by atoms with van der Waals surface area (Å²) in [5.74, 6) is 1.36. The Kier molecular flexibility index (Phi) is 5.21. The molecule has 3 aromatic heterocycles. The number of benzene rings is 1. The number of pyridine rings is 2. The molecule has 0 atom stereocenters. The number of hydrogen-bond donors (Lipinski definition) is 1.